The molecule has 0 saturated carbocycles. The first-order valence-electron chi connectivity index (χ1n) is 13.1. The third-order valence-electron chi connectivity index (χ3n) is 8.10. The number of ether oxygens (including phenoxy) is 3. The molecule has 2 heterocycles. The predicted molar refractivity (Wildman–Crippen MR) is 150 cm³/mol. The van der Waals surface area contributed by atoms with Gasteiger partial charge in [-0.2, -0.15) is 0 Å². The molecule has 11 heteroatoms. The molecule has 0 bridgehead atoms. The van der Waals surface area contributed by atoms with Crippen LogP contribution in [0.3, 0.4) is 0 Å². The highest BCUT2D eigenvalue weighted by Crippen LogP contribution is 2.53. The number of anilines is 1. The highest BCUT2D eigenvalue weighted by Gasteiger charge is 2.69. The number of phenols is 1. The molecule has 3 aromatic rings. The molecule has 2 aliphatic heterocycles. The predicted octanol–water partition coefficient (Wildman–Crippen LogP) is 3.02. The number of hydrogen-bond donors (Lipinski definition) is 3. The second-order valence-electron chi connectivity index (χ2n) is 10.3. The molecule has 2 amide bonds. The van der Waals surface area contributed by atoms with Crippen LogP contribution in [0.4, 0.5) is 5.69 Å². The third-order valence-corrected chi connectivity index (χ3v) is 8.10. The lowest BCUT2D eigenvalue weighted by Gasteiger charge is -2.32. The van der Waals surface area contributed by atoms with Crippen molar-refractivity contribution in [2.24, 2.45) is 11.8 Å². The largest absolute Gasteiger partial charge is 0.508 e. The van der Waals surface area contributed by atoms with Crippen molar-refractivity contribution >= 4 is 29.4 Å². The van der Waals surface area contributed by atoms with Crippen molar-refractivity contribution in [3.8, 4) is 17.2 Å². The molecule has 2 fully saturated rings. The maximum absolute atomic E-state index is 14.3. The van der Waals surface area contributed by atoms with Crippen LogP contribution in [-0.2, 0) is 25.5 Å². The number of nitrogens with zero attached hydrogens (tertiary/aromatic N) is 1. The average Bonchev–Trinajstić information content (AvgIpc) is 3.46. The van der Waals surface area contributed by atoms with E-state index in [1.807, 2.05) is 0 Å². The van der Waals surface area contributed by atoms with Crippen LogP contribution in [0.25, 0.3) is 0 Å². The van der Waals surface area contributed by atoms with Gasteiger partial charge in [-0.15, -0.1) is 0 Å². The molecule has 42 heavy (non-hydrogen) atoms. The molecule has 11 nitrogen and oxygen atoms in total. The number of aryl methyl sites for hydroxylation is 1. The van der Waals surface area contributed by atoms with E-state index in [2.05, 4.69) is 5.32 Å². The van der Waals surface area contributed by atoms with Crippen LogP contribution in [0.1, 0.15) is 33.1 Å². The fraction of sp³-hybridized carbons (Fsp3) is 0.290. The number of methoxy groups -OCH3 is 3. The number of rotatable bonds is 8. The summed E-state index contributed by atoms with van der Waals surface area (Å²) in [7, 11) is 3.96. The van der Waals surface area contributed by atoms with Crippen LogP contribution in [0.15, 0.2) is 60.7 Å². The fourth-order valence-electron chi connectivity index (χ4n) is 6.15. The maximum Gasteiger partial charge on any atom is 0.341 e. The number of carboxylic acid groups (broad SMARTS) is 1. The molecular formula is C31H30N2O9. The highest BCUT2D eigenvalue weighted by molar-refractivity contribution is 6.24. The van der Waals surface area contributed by atoms with Crippen LogP contribution in [0.5, 0.6) is 17.2 Å². The zero-order valence-corrected chi connectivity index (χ0v) is 23.4. The SMILES string of the molecule is COC(=O)c1c(OC)cc(OC)cc1C1NC(Cc2ccc(O)cc2)(C(=O)O)C2C(=O)N(c3ccccc3C)C(=O)C12. The molecular weight excluding hydrogens is 544 g/mol. The Labute approximate surface area is 241 Å². The number of amides is 2. The van der Waals surface area contributed by atoms with Gasteiger partial charge >= 0.3 is 11.9 Å². The average molecular weight is 575 g/mol. The quantitative estimate of drug-likeness (QED) is 0.270. The molecule has 3 aromatic carbocycles. The number of carbonyl (C=O) groups is 4. The zero-order valence-electron chi connectivity index (χ0n) is 23.4. The number of aliphatic carboxylic acids is 1. The summed E-state index contributed by atoms with van der Waals surface area (Å²) in [6, 6.07) is 14.6. The van der Waals surface area contributed by atoms with Crippen molar-refractivity contribution in [1.29, 1.82) is 0 Å². The molecule has 0 spiro atoms. The number of imide groups is 1. The van der Waals surface area contributed by atoms with E-state index >= 15 is 0 Å². The van der Waals surface area contributed by atoms with Gasteiger partial charge in [0.2, 0.25) is 11.8 Å². The van der Waals surface area contributed by atoms with E-state index in [0.717, 1.165) is 4.90 Å². The summed E-state index contributed by atoms with van der Waals surface area (Å²) in [5.41, 5.74) is -0.303. The van der Waals surface area contributed by atoms with E-state index in [-0.39, 0.29) is 34.8 Å². The standard InChI is InChI=1S/C31H30N2O9/c1-16-7-5-6-8-21(16)33-27(35)24-25(28(33)36)31(30(38)39,15-17-9-11-18(34)12-10-17)32-26(24)20-13-19(40-2)14-22(41-3)23(20)29(37)42-4/h5-14,24-26,32,34H,15H2,1-4H3,(H,38,39). The molecule has 5 rings (SSSR count). The van der Waals surface area contributed by atoms with Gasteiger partial charge < -0.3 is 24.4 Å². The van der Waals surface area contributed by atoms with Gasteiger partial charge in [0, 0.05) is 18.5 Å². The minimum Gasteiger partial charge on any atom is -0.508 e. The number of para-hydroxylation sites is 1. The summed E-state index contributed by atoms with van der Waals surface area (Å²) in [5.74, 6) is -5.62. The molecule has 2 aliphatic rings. The monoisotopic (exact) mass is 574 g/mol. The number of carboxylic acids is 1. The van der Waals surface area contributed by atoms with Gasteiger partial charge in [0.15, 0.2) is 0 Å². The van der Waals surface area contributed by atoms with E-state index in [1.165, 1.54) is 45.6 Å². The number of hydrogen-bond acceptors (Lipinski definition) is 9. The summed E-state index contributed by atoms with van der Waals surface area (Å²) in [4.78, 5) is 55.9. The topological polar surface area (TPSA) is 152 Å². The molecule has 2 saturated heterocycles. The number of phenolic OH excluding ortho intramolecular Hbond substituents is 1. The van der Waals surface area contributed by atoms with Gasteiger partial charge in [-0.3, -0.25) is 19.7 Å². The summed E-state index contributed by atoms with van der Waals surface area (Å²) in [6.07, 6.45) is -0.199. The minimum absolute atomic E-state index is 0.0118. The van der Waals surface area contributed by atoms with Crippen LogP contribution in [0, 0.1) is 18.8 Å². The number of benzene rings is 3. The zero-order chi connectivity index (χ0) is 30.3. The molecule has 218 valence electrons. The van der Waals surface area contributed by atoms with E-state index in [4.69, 9.17) is 14.2 Å². The molecule has 0 radical (unpaired) electrons. The Bertz CT molecular complexity index is 1590. The third kappa shape index (κ3) is 4.42. The van der Waals surface area contributed by atoms with Crippen LogP contribution >= 0.6 is 0 Å². The molecule has 4 unspecified atom stereocenters. The van der Waals surface area contributed by atoms with E-state index in [0.29, 0.717) is 16.8 Å². The van der Waals surface area contributed by atoms with Crippen LogP contribution < -0.4 is 19.7 Å². The second kappa shape index (κ2) is 10.8. The van der Waals surface area contributed by atoms with Crippen molar-refractivity contribution in [3.63, 3.8) is 0 Å². The molecule has 3 N–H and O–H groups in total. The van der Waals surface area contributed by atoms with E-state index in [1.54, 1.807) is 43.3 Å². The van der Waals surface area contributed by atoms with Gasteiger partial charge in [0.05, 0.1) is 38.9 Å². The summed E-state index contributed by atoms with van der Waals surface area (Å²) >= 11 is 0. The lowest BCUT2D eigenvalue weighted by molar-refractivity contribution is -0.148. The van der Waals surface area contributed by atoms with E-state index < -0.39 is 47.2 Å². The minimum atomic E-state index is -1.97. The van der Waals surface area contributed by atoms with Crippen molar-refractivity contribution in [3.05, 3.63) is 82.9 Å². The van der Waals surface area contributed by atoms with Gasteiger partial charge in [0.25, 0.3) is 0 Å². The second-order valence-corrected chi connectivity index (χ2v) is 10.3. The first-order valence-corrected chi connectivity index (χ1v) is 13.1. The van der Waals surface area contributed by atoms with Crippen LogP contribution in [-0.4, -0.2) is 60.8 Å². The van der Waals surface area contributed by atoms with Gasteiger partial charge in [-0.1, -0.05) is 30.3 Å². The molecule has 0 aromatic heterocycles. The smallest absolute Gasteiger partial charge is 0.341 e. The van der Waals surface area contributed by atoms with Gasteiger partial charge in [-0.25, -0.2) is 9.69 Å². The van der Waals surface area contributed by atoms with Crippen molar-refractivity contribution in [1.82, 2.24) is 5.32 Å². The highest BCUT2D eigenvalue weighted by atomic mass is 16.5. The number of aromatic hydroxyl groups is 1. The van der Waals surface area contributed by atoms with Gasteiger partial charge in [0.1, 0.15) is 28.4 Å². The lowest BCUT2D eigenvalue weighted by Crippen LogP contribution is -2.57. The molecule has 0 aliphatic carbocycles. The van der Waals surface area contributed by atoms with Crippen LogP contribution in [0.2, 0.25) is 0 Å². The number of fused-ring (bicyclic) bond motifs is 1. The Morgan fingerprint density at radius 2 is 1.67 bits per heavy atom. The first kappa shape index (κ1) is 28.6. The summed E-state index contributed by atoms with van der Waals surface area (Å²) in [6.45, 7) is 1.75. The lowest BCUT2D eigenvalue weighted by atomic mass is 9.76. The number of carbonyl (C=O) groups excluding carboxylic acids is 3. The fourth-order valence-corrected chi connectivity index (χ4v) is 6.15. The number of esters is 1. The summed E-state index contributed by atoms with van der Waals surface area (Å²) < 4.78 is 15.9. The Kier molecular flexibility index (Phi) is 7.38. The Morgan fingerprint density at radius 1 is 0.976 bits per heavy atom. The van der Waals surface area contributed by atoms with Crippen molar-refractivity contribution in [2.75, 3.05) is 26.2 Å². The molecule has 4 atom stereocenters. The van der Waals surface area contributed by atoms with Crippen molar-refractivity contribution in [2.45, 2.75) is 24.9 Å². The van der Waals surface area contributed by atoms with Gasteiger partial charge in [-0.05, 0) is 47.9 Å². The Morgan fingerprint density at radius 3 is 2.26 bits per heavy atom. The maximum atomic E-state index is 14.3. The first-order chi connectivity index (χ1) is 20.1. The number of nitrogens with one attached hydrogen (secondary N) is 1. The van der Waals surface area contributed by atoms with Crippen molar-refractivity contribution < 1.29 is 43.6 Å². The normalized spacial score (nSPS) is 23.0. The van der Waals surface area contributed by atoms with E-state index in [9.17, 15) is 29.4 Å². The summed E-state index contributed by atoms with van der Waals surface area (Å²) in [5, 5.41) is 23.7. The Balaban J connectivity index is 1.77. The Hall–Kier alpha value is -4.90.